The van der Waals surface area contributed by atoms with Gasteiger partial charge in [0.25, 0.3) is 5.91 Å². The summed E-state index contributed by atoms with van der Waals surface area (Å²) < 4.78 is 0. The molecule has 2 unspecified atom stereocenters. The van der Waals surface area contributed by atoms with Gasteiger partial charge in [-0.2, -0.15) is 0 Å². The highest BCUT2D eigenvalue weighted by atomic mass is 16.1. The van der Waals surface area contributed by atoms with Gasteiger partial charge in [-0.3, -0.25) is 9.78 Å². The van der Waals surface area contributed by atoms with Gasteiger partial charge >= 0.3 is 0 Å². The summed E-state index contributed by atoms with van der Waals surface area (Å²) in [5, 5.41) is 6.48. The van der Waals surface area contributed by atoms with Gasteiger partial charge in [-0.1, -0.05) is 20.3 Å². The van der Waals surface area contributed by atoms with E-state index in [0.29, 0.717) is 17.5 Å². The Morgan fingerprint density at radius 1 is 1.45 bits per heavy atom. The molecule has 20 heavy (non-hydrogen) atoms. The minimum Gasteiger partial charge on any atom is -0.384 e. The van der Waals surface area contributed by atoms with Gasteiger partial charge in [0.15, 0.2) is 0 Å². The highest BCUT2D eigenvalue weighted by molar-refractivity contribution is 5.99. The Balaban J connectivity index is 2.11. The minimum absolute atomic E-state index is 0.00477. The van der Waals surface area contributed by atoms with Crippen LogP contribution in [0.25, 0.3) is 0 Å². The third kappa shape index (κ3) is 3.50. The summed E-state index contributed by atoms with van der Waals surface area (Å²) in [7, 11) is 0. The van der Waals surface area contributed by atoms with Crippen LogP contribution in [0.1, 0.15) is 55.6 Å². The molecule has 4 heteroatoms. The highest BCUT2D eigenvalue weighted by Crippen LogP contribution is 2.25. The van der Waals surface area contributed by atoms with Crippen molar-refractivity contribution in [3.8, 4) is 0 Å². The average Bonchev–Trinajstić information content (AvgIpc) is 2.82. The predicted octanol–water partition coefficient (Wildman–Crippen LogP) is 3.13. The Labute approximate surface area is 121 Å². The molecule has 1 saturated carbocycles. The van der Waals surface area contributed by atoms with Crippen LogP contribution in [0.2, 0.25) is 0 Å². The van der Waals surface area contributed by atoms with E-state index in [1.165, 1.54) is 12.8 Å². The molecule has 0 radical (unpaired) electrons. The summed E-state index contributed by atoms with van der Waals surface area (Å²) in [6.07, 6.45) is 6.21. The fraction of sp³-hybridized carbons (Fsp3) is 0.625. The van der Waals surface area contributed by atoms with Crippen molar-refractivity contribution in [2.75, 3.05) is 11.9 Å². The fourth-order valence-corrected chi connectivity index (χ4v) is 2.75. The maximum absolute atomic E-state index is 12.5. The third-order valence-corrected chi connectivity index (χ3v) is 4.03. The molecule has 4 nitrogen and oxygen atoms in total. The molecule has 0 aromatic carbocycles. The molecular formula is C16H25N3O. The lowest BCUT2D eigenvalue weighted by molar-refractivity contribution is 0.0930. The van der Waals surface area contributed by atoms with Crippen molar-refractivity contribution in [2.24, 2.45) is 5.92 Å². The van der Waals surface area contributed by atoms with Crippen molar-refractivity contribution in [2.45, 2.75) is 52.5 Å². The second-order valence-corrected chi connectivity index (χ2v) is 5.79. The second kappa shape index (κ2) is 6.73. The summed E-state index contributed by atoms with van der Waals surface area (Å²) in [5.74, 6) is 0.569. The first kappa shape index (κ1) is 14.8. The molecule has 2 atom stereocenters. The molecule has 0 spiro atoms. The van der Waals surface area contributed by atoms with E-state index in [-0.39, 0.29) is 5.91 Å². The van der Waals surface area contributed by atoms with Crippen LogP contribution in [-0.4, -0.2) is 23.5 Å². The van der Waals surface area contributed by atoms with Gasteiger partial charge in [-0.05, 0) is 38.2 Å². The van der Waals surface area contributed by atoms with Crippen molar-refractivity contribution in [3.05, 3.63) is 23.5 Å². The summed E-state index contributed by atoms with van der Waals surface area (Å²) in [4.78, 5) is 16.7. The van der Waals surface area contributed by atoms with E-state index in [0.717, 1.165) is 30.8 Å². The molecular weight excluding hydrogens is 250 g/mol. The van der Waals surface area contributed by atoms with Crippen molar-refractivity contribution < 1.29 is 4.79 Å². The van der Waals surface area contributed by atoms with E-state index in [1.54, 1.807) is 6.20 Å². The number of aromatic nitrogens is 1. The van der Waals surface area contributed by atoms with Crippen LogP contribution in [0.15, 0.2) is 12.3 Å². The molecule has 2 rings (SSSR count). The molecule has 0 aliphatic heterocycles. The van der Waals surface area contributed by atoms with E-state index < -0.39 is 0 Å². The van der Waals surface area contributed by atoms with Crippen LogP contribution in [0.4, 0.5) is 5.69 Å². The fourth-order valence-electron chi connectivity index (χ4n) is 2.75. The third-order valence-electron chi connectivity index (χ3n) is 4.03. The number of amides is 1. The minimum atomic E-state index is -0.00477. The van der Waals surface area contributed by atoms with E-state index in [9.17, 15) is 4.79 Å². The smallest absolute Gasteiger partial charge is 0.255 e. The number of rotatable bonds is 5. The lowest BCUT2D eigenvalue weighted by Crippen LogP contribution is -2.36. The van der Waals surface area contributed by atoms with E-state index in [1.807, 2.05) is 13.0 Å². The van der Waals surface area contributed by atoms with E-state index >= 15 is 0 Å². The van der Waals surface area contributed by atoms with E-state index in [2.05, 4.69) is 29.5 Å². The highest BCUT2D eigenvalue weighted by Gasteiger charge is 2.25. The Kier molecular flexibility index (Phi) is 4.99. The first-order valence-corrected chi connectivity index (χ1v) is 7.63. The van der Waals surface area contributed by atoms with Crippen LogP contribution < -0.4 is 10.6 Å². The Morgan fingerprint density at radius 2 is 2.25 bits per heavy atom. The lowest BCUT2D eigenvalue weighted by atomic mass is 10.1. The second-order valence-electron chi connectivity index (χ2n) is 5.79. The lowest BCUT2D eigenvalue weighted by Gasteiger charge is -2.19. The quantitative estimate of drug-likeness (QED) is 0.868. The molecule has 0 saturated heterocycles. The van der Waals surface area contributed by atoms with Gasteiger partial charge in [0.05, 0.1) is 11.3 Å². The molecule has 0 bridgehead atoms. The number of nitrogens with one attached hydrogen (secondary N) is 2. The van der Waals surface area contributed by atoms with Crippen LogP contribution in [0.5, 0.6) is 0 Å². The molecule has 1 aromatic rings. The number of hydrogen-bond donors (Lipinski definition) is 2. The largest absolute Gasteiger partial charge is 0.384 e. The number of anilines is 1. The Hall–Kier alpha value is -1.58. The average molecular weight is 275 g/mol. The van der Waals surface area contributed by atoms with Crippen LogP contribution in [0.3, 0.4) is 0 Å². The monoisotopic (exact) mass is 275 g/mol. The van der Waals surface area contributed by atoms with Crippen LogP contribution in [0, 0.1) is 12.8 Å². The zero-order valence-electron chi connectivity index (χ0n) is 12.7. The van der Waals surface area contributed by atoms with Gasteiger partial charge in [-0.15, -0.1) is 0 Å². The Morgan fingerprint density at radius 3 is 2.90 bits per heavy atom. The molecule has 1 aromatic heterocycles. The number of carbonyl (C=O) groups excluding carboxylic acids is 1. The zero-order chi connectivity index (χ0) is 14.5. The summed E-state index contributed by atoms with van der Waals surface area (Å²) >= 11 is 0. The van der Waals surface area contributed by atoms with Gasteiger partial charge in [0.2, 0.25) is 0 Å². The van der Waals surface area contributed by atoms with Gasteiger partial charge in [0.1, 0.15) is 0 Å². The van der Waals surface area contributed by atoms with Gasteiger partial charge < -0.3 is 10.6 Å². The Bertz CT molecular complexity index is 473. The first-order valence-electron chi connectivity index (χ1n) is 7.63. The predicted molar refractivity (Wildman–Crippen MR) is 82.0 cm³/mol. The normalized spacial score (nSPS) is 21.8. The molecule has 1 heterocycles. The number of aryl methyl sites for hydroxylation is 1. The molecule has 2 N–H and O–H groups in total. The van der Waals surface area contributed by atoms with Crippen molar-refractivity contribution in [1.29, 1.82) is 0 Å². The molecule has 110 valence electrons. The maximum Gasteiger partial charge on any atom is 0.255 e. The topological polar surface area (TPSA) is 54.0 Å². The molecule has 1 aliphatic rings. The van der Waals surface area contributed by atoms with Crippen molar-refractivity contribution >= 4 is 11.6 Å². The number of hydrogen-bond acceptors (Lipinski definition) is 3. The van der Waals surface area contributed by atoms with Gasteiger partial charge in [-0.25, -0.2) is 0 Å². The van der Waals surface area contributed by atoms with E-state index in [4.69, 9.17) is 0 Å². The van der Waals surface area contributed by atoms with Crippen molar-refractivity contribution in [3.63, 3.8) is 0 Å². The van der Waals surface area contributed by atoms with Gasteiger partial charge in [0, 0.05) is 24.5 Å². The zero-order valence-corrected chi connectivity index (χ0v) is 12.7. The SMILES string of the molecule is CCCNc1cc(C)ncc1C(=O)NC1CCCC1C. The first-order chi connectivity index (χ1) is 9.61. The maximum atomic E-state index is 12.5. The number of nitrogens with zero attached hydrogens (tertiary/aromatic N) is 1. The van der Waals surface area contributed by atoms with Crippen molar-refractivity contribution in [1.82, 2.24) is 10.3 Å². The summed E-state index contributed by atoms with van der Waals surface area (Å²) in [5.41, 5.74) is 2.47. The molecule has 1 fully saturated rings. The molecule has 1 amide bonds. The van der Waals surface area contributed by atoms with Crippen LogP contribution >= 0.6 is 0 Å². The summed E-state index contributed by atoms with van der Waals surface area (Å²) in [6.45, 7) is 7.13. The van der Waals surface area contributed by atoms with Crippen LogP contribution in [-0.2, 0) is 0 Å². The number of carbonyl (C=O) groups is 1. The standard InChI is InChI=1S/C16H25N3O/c1-4-8-17-15-9-12(3)18-10-13(15)16(20)19-14-7-5-6-11(14)2/h9-11,14H,4-8H2,1-3H3,(H,17,18)(H,19,20). The molecule has 1 aliphatic carbocycles. The summed E-state index contributed by atoms with van der Waals surface area (Å²) in [6, 6.07) is 2.26. The number of pyridine rings is 1.